The molecule has 5 rings (SSSR count). The van der Waals surface area contributed by atoms with Crippen LogP contribution in [0, 0.1) is 0 Å². The molecule has 1 saturated heterocycles. The smallest absolute Gasteiger partial charge is 0.352 e. The third-order valence-corrected chi connectivity index (χ3v) is 9.84. The first kappa shape index (κ1) is 27.0. The van der Waals surface area contributed by atoms with E-state index in [0.717, 1.165) is 26.9 Å². The Labute approximate surface area is 238 Å². The van der Waals surface area contributed by atoms with Crippen LogP contribution in [0.15, 0.2) is 55.8 Å². The van der Waals surface area contributed by atoms with E-state index in [2.05, 4.69) is 20.4 Å². The Morgan fingerprint density at radius 2 is 2.03 bits per heavy atom. The number of fused-ring (bicyclic) bond motifs is 1. The van der Waals surface area contributed by atoms with Gasteiger partial charge in [0.05, 0.1) is 5.69 Å². The summed E-state index contributed by atoms with van der Waals surface area (Å²) >= 11 is 5.31. The number of amides is 2. The molecule has 0 aliphatic carbocycles. The van der Waals surface area contributed by atoms with E-state index in [-0.39, 0.29) is 28.0 Å². The summed E-state index contributed by atoms with van der Waals surface area (Å²) in [4.78, 5) is 52.7. The zero-order valence-electron chi connectivity index (χ0n) is 20.1. The Morgan fingerprint density at radius 3 is 2.69 bits per heavy atom. The summed E-state index contributed by atoms with van der Waals surface area (Å²) in [6.07, 6.45) is 0. The molecule has 4 heterocycles. The summed E-state index contributed by atoms with van der Waals surface area (Å²) in [5.41, 5.74) is 7.84. The molecule has 2 atom stereocenters. The second kappa shape index (κ2) is 11.3. The van der Waals surface area contributed by atoms with E-state index in [1.54, 1.807) is 29.6 Å². The first-order valence-electron chi connectivity index (χ1n) is 11.2. The van der Waals surface area contributed by atoms with Gasteiger partial charge in [-0.15, -0.1) is 34.4 Å². The van der Waals surface area contributed by atoms with E-state index < -0.39 is 29.2 Å². The maximum absolute atomic E-state index is 13.0. The lowest BCUT2D eigenvalue weighted by molar-refractivity contribution is -0.150. The van der Waals surface area contributed by atoms with Gasteiger partial charge in [-0.1, -0.05) is 16.9 Å². The van der Waals surface area contributed by atoms with Crippen molar-refractivity contribution < 1.29 is 29.4 Å². The van der Waals surface area contributed by atoms with Gasteiger partial charge in [0.25, 0.3) is 11.8 Å². The minimum Gasteiger partial charge on any atom is -0.508 e. The molecule has 0 bridgehead atoms. The molecular weight excluding hydrogens is 585 g/mol. The number of aromatic hydroxyl groups is 1. The van der Waals surface area contributed by atoms with Crippen LogP contribution in [0.3, 0.4) is 0 Å². The summed E-state index contributed by atoms with van der Waals surface area (Å²) in [5.74, 6) is -1.55. The quantitative estimate of drug-likeness (QED) is 0.122. The number of aliphatic carboxylic acids is 1. The fourth-order valence-corrected chi connectivity index (χ4v) is 7.80. The van der Waals surface area contributed by atoms with Crippen LogP contribution in [0.1, 0.15) is 5.69 Å². The normalized spacial score (nSPS) is 18.9. The van der Waals surface area contributed by atoms with Crippen molar-refractivity contribution in [1.82, 2.24) is 20.2 Å². The average molecular weight is 605 g/mol. The molecule has 0 saturated carbocycles. The lowest BCUT2D eigenvalue weighted by Gasteiger charge is -2.49. The fraction of sp³-hybridized carbons (Fsp3) is 0.217. The summed E-state index contributed by atoms with van der Waals surface area (Å²) in [6, 6.07) is 5.77. The standard InChI is InChI=1S/C23H20N6O6S4/c1-35-28-15(14-9-37-22(24)25-14)18(31)27-16-19(32)29-17(21(33)34)11(6-36-20(16)29)7-38-23-26-13(8-39-23)10-2-4-12(30)5-3-10/h2-5,8-9,16,20,30H,6-7H2,1H3,(H2,24,25)(H,27,31)(H,33,34)/b28-15-/t16-,20-/m1/s1. The molecular formula is C23H20N6O6S4. The number of anilines is 1. The number of nitrogens with one attached hydrogen (secondary N) is 1. The molecule has 3 aromatic rings. The number of nitrogens with two attached hydrogens (primary N) is 1. The Morgan fingerprint density at radius 1 is 1.26 bits per heavy atom. The second-order valence-electron chi connectivity index (χ2n) is 8.15. The lowest BCUT2D eigenvalue weighted by Crippen LogP contribution is -2.71. The summed E-state index contributed by atoms with van der Waals surface area (Å²) in [5, 5.41) is 28.9. The number of thioether (sulfide) groups is 2. The SMILES string of the molecule is CO/N=C(\C(=O)N[C@@H]1C(=O)N2C(C(=O)O)=C(CSc3nc(-c4ccc(O)cc4)cs3)CS[C@H]12)c1csc(N)n1. The van der Waals surface area contributed by atoms with Gasteiger partial charge in [-0.3, -0.25) is 14.5 Å². The molecule has 0 unspecified atom stereocenters. The van der Waals surface area contributed by atoms with Crippen LogP contribution in [-0.4, -0.2) is 78.6 Å². The number of phenols is 1. The van der Waals surface area contributed by atoms with Crippen molar-refractivity contribution in [1.29, 1.82) is 0 Å². The first-order valence-corrected chi connectivity index (χ1v) is 15.0. The molecule has 2 aliphatic heterocycles. The minimum atomic E-state index is -1.21. The van der Waals surface area contributed by atoms with E-state index in [1.165, 1.54) is 46.9 Å². The van der Waals surface area contributed by atoms with Crippen LogP contribution in [-0.2, 0) is 19.2 Å². The predicted octanol–water partition coefficient (Wildman–Crippen LogP) is 2.44. The number of benzene rings is 1. The molecule has 39 heavy (non-hydrogen) atoms. The molecule has 0 radical (unpaired) electrons. The molecule has 2 aromatic heterocycles. The zero-order chi connectivity index (χ0) is 27.7. The van der Waals surface area contributed by atoms with Gasteiger partial charge in [0.2, 0.25) is 0 Å². The van der Waals surface area contributed by atoms with Gasteiger partial charge < -0.3 is 26.1 Å². The lowest BCUT2D eigenvalue weighted by atomic mass is 10.0. The highest BCUT2D eigenvalue weighted by molar-refractivity contribution is 8.01. The molecule has 2 aliphatic rings. The highest BCUT2D eigenvalue weighted by atomic mass is 32.2. The van der Waals surface area contributed by atoms with E-state index in [9.17, 15) is 24.6 Å². The van der Waals surface area contributed by atoms with Gasteiger partial charge >= 0.3 is 5.97 Å². The number of oxime groups is 1. The van der Waals surface area contributed by atoms with Gasteiger partial charge in [-0.25, -0.2) is 14.8 Å². The number of phenolic OH excluding ortho intramolecular Hbond substituents is 1. The number of nitrogens with zero attached hydrogens (tertiary/aromatic N) is 4. The highest BCUT2D eigenvalue weighted by Crippen LogP contribution is 2.42. The third kappa shape index (κ3) is 5.45. The molecule has 5 N–H and O–H groups in total. The highest BCUT2D eigenvalue weighted by Gasteiger charge is 2.54. The summed E-state index contributed by atoms with van der Waals surface area (Å²) in [7, 11) is 1.28. The maximum atomic E-state index is 13.0. The number of hydrogen-bond donors (Lipinski definition) is 4. The Hall–Kier alpha value is -3.60. The van der Waals surface area contributed by atoms with Crippen LogP contribution in [0.25, 0.3) is 11.3 Å². The fourth-order valence-electron chi connectivity index (χ4n) is 3.93. The molecule has 202 valence electrons. The zero-order valence-corrected chi connectivity index (χ0v) is 23.3. The van der Waals surface area contributed by atoms with Gasteiger partial charge in [0.1, 0.15) is 35.7 Å². The number of rotatable bonds is 9. The number of carboxylic acid groups (broad SMARTS) is 1. The predicted molar refractivity (Wildman–Crippen MR) is 150 cm³/mol. The average Bonchev–Trinajstić information content (AvgIpc) is 3.57. The van der Waals surface area contributed by atoms with Gasteiger partial charge in [0, 0.05) is 27.8 Å². The van der Waals surface area contributed by atoms with Crippen LogP contribution in [0.2, 0.25) is 0 Å². The number of hydrogen-bond acceptors (Lipinski definition) is 13. The maximum Gasteiger partial charge on any atom is 0.352 e. The third-order valence-electron chi connectivity index (χ3n) is 5.71. The largest absolute Gasteiger partial charge is 0.508 e. The number of aromatic nitrogens is 2. The van der Waals surface area contributed by atoms with E-state index >= 15 is 0 Å². The molecule has 1 aromatic carbocycles. The molecule has 16 heteroatoms. The minimum absolute atomic E-state index is 0.0740. The number of β-lactam (4-membered cyclic amide) rings is 1. The second-order valence-corrected chi connectivity index (χ2v) is 12.2. The summed E-state index contributed by atoms with van der Waals surface area (Å²) in [6.45, 7) is 0. The van der Waals surface area contributed by atoms with E-state index in [1.807, 2.05) is 5.38 Å². The number of nitrogen functional groups attached to an aromatic ring is 1. The van der Waals surface area contributed by atoms with Crippen molar-refractivity contribution in [2.45, 2.75) is 15.8 Å². The van der Waals surface area contributed by atoms with E-state index in [4.69, 9.17) is 10.6 Å². The van der Waals surface area contributed by atoms with Crippen molar-refractivity contribution in [2.75, 3.05) is 24.3 Å². The topological polar surface area (TPSA) is 180 Å². The first-order chi connectivity index (χ1) is 18.8. The van der Waals surface area contributed by atoms with Crippen molar-refractivity contribution >= 4 is 74.8 Å². The van der Waals surface area contributed by atoms with Crippen molar-refractivity contribution in [2.24, 2.45) is 5.16 Å². The number of thiazole rings is 2. The molecule has 2 amide bonds. The number of carbonyl (C=O) groups is 3. The molecule has 12 nitrogen and oxygen atoms in total. The number of carbonyl (C=O) groups excluding carboxylic acids is 2. The van der Waals surface area contributed by atoms with Gasteiger partial charge in [-0.05, 0) is 29.8 Å². The van der Waals surface area contributed by atoms with Crippen LogP contribution in [0.5, 0.6) is 5.75 Å². The molecule has 1 fully saturated rings. The Balaban J connectivity index is 1.27. The number of carboxylic acids is 1. The van der Waals surface area contributed by atoms with E-state index in [0.29, 0.717) is 17.1 Å². The van der Waals surface area contributed by atoms with Crippen LogP contribution < -0.4 is 11.1 Å². The monoisotopic (exact) mass is 604 g/mol. The van der Waals surface area contributed by atoms with Crippen molar-refractivity contribution in [3.05, 3.63) is 52.0 Å². The Kier molecular flexibility index (Phi) is 7.79. The molecule has 0 spiro atoms. The van der Waals surface area contributed by atoms with Gasteiger partial charge in [0.15, 0.2) is 15.2 Å². The van der Waals surface area contributed by atoms with Crippen LogP contribution in [0.4, 0.5) is 5.13 Å². The van der Waals surface area contributed by atoms with Crippen molar-refractivity contribution in [3.63, 3.8) is 0 Å². The van der Waals surface area contributed by atoms with Crippen molar-refractivity contribution in [3.8, 4) is 17.0 Å². The van der Waals surface area contributed by atoms with Gasteiger partial charge in [-0.2, -0.15) is 0 Å². The Bertz CT molecular complexity index is 1500. The summed E-state index contributed by atoms with van der Waals surface area (Å²) < 4.78 is 0.746. The van der Waals surface area contributed by atoms with Crippen LogP contribution >= 0.6 is 46.2 Å².